The number of aromatic nitrogens is 1. The van der Waals surface area contributed by atoms with E-state index in [1.807, 2.05) is 13.2 Å². The molecule has 0 aliphatic rings. The molecule has 3 nitrogen and oxygen atoms in total. The first-order valence-corrected chi connectivity index (χ1v) is 5.92. The standard InChI is InChI=1S/C10H19N3S/c1-4-9-7-13-10(14-9)8(2)12-6-5-11-3/h7-8,11-12H,4-6H2,1-3H3. The molecule has 0 fully saturated rings. The van der Waals surface area contributed by atoms with Crippen molar-refractivity contribution >= 4 is 11.3 Å². The minimum Gasteiger partial charge on any atom is -0.318 e. The van der Waals surface area contributed by atoms with Gasteiger partial charge in [-0.25, -0.2) is 4.98 Å². The smallest absolute Gasteiger partial charge is 0.109 e. The molecule has 14 heavy (non-hydrogen) atoms. The van der Waals surface area contributed by atoms with E-state index < -0.39 is 0 Å². The minimum atomic E-state index is 0.369. The van der Waals surface area contributed by atoms with Crippen LogP contribution < -0.4 is 10.6 Å². The summed E-state index contributed by atoms with van der Waals surface area (Å²) in [5, 5.41) is 7.73. The fraction of sp³-hybridized carbons (Fsp3) is 0.700. The largest absolute Gasteiger partial charge is 0.318 e. The Morgan fingerprint density at radius 2 is 2.29 bits per heavy atom. The quantitative estimate of drug-likeness (QED) is 0.704. The predicted octanol–water partition coefficient (Wildman–Crippen LogP) is 1.58. The molecule has 2 N–H and O–H groups in total. The maximum Gasteiger partial charge on any atom is 0.109 e. The van der Waals surface area contributed by atoms with E-state index in [0.29, 0.717) is 6.04 Å². The topological polar surface area (TPSA) is 37.0 Å². The van der Waals surface area contributed by atoms with Gasteiger partial charge in [0, 0.05) is 24.2 Å². The Kier molecular flexibility index (Phi) is 5.07. The lowest BCUT2D eigenvalue weighted by Crippen LogP contribution is -2.27. The highest BCUT2D eigenvalue weighted by Gasteiger charge is 2.08. The van der Waals surface area contributed by atoms with Crippen molar-refractivity contribution in [1.29, 1.82) is 0 Å². The van der Waals surface area contributed by atoms with Crippen molar-refractivity contribution in [3.05, 3.63) is 16.1 Å². The van der Waals surface area contributed by atoms with E-state index in [1.54, 1.807) is 11.3 Å². The Bertz CT molecular complexity index is 260. The third-order valence-electron chi connectivity index (χ3n) is 2.12. The van der Waals surface area contributed by atoms with Crippen molar-refractivity contribution in [3.8, 4) is 0 Å². The van der Waals surface area contributed by atoms with Crippen LogP contribution in [0.15, 0.2) is 6.20 Å². The van der Waals surface area contributed by atoms with E-state index in [2.05, 4.69) is 29.5 Å². The zero-order valence-corrected chi connectivity index (χ0v) is 9.95. The predicted molar refractivity (Wildman–Crippen MR) is 61.8 cm³/mol. The second-order valence-corrected chi connectivity index (χ2v) is 4.44. The SMILES string of the molecule is CCc1cnc(C(C)NCCNC)s1. The van der Waals surface area contributed by atoms with E-state index >= 15 is 0 Å². The van der Waals surface area contributed by atoms with Crippen LogP contribution >= 0.6 is 11.3 Å². The molecule has 0 aliphatic heterocycles. The molecule has 4 heteroatoms. The first-order valence-electron chi connectivity index (χ1n) is 5.10. The van der Waals surface area contributed by atoms with Gasteiger partial charge in [0.05, 0.1) is 6.04 Å². The van der Waals surface area contributed by atoms with Gasteiger partial charge in [0.25, 0.3) is 0 Å². The fourth-order valence-corrected chi connectivity index (χ4v) is 2.07. The van der Waals surface area contributed by atoms with Gasteiger partial charge in [0.2, 0.25) is 0 Å². The van der Waals surface area contributed by atoms with Crippen LogP contribution in [0.3, 0.4) is 0 Å². The van der Waals surface area contributed by atoms with Crippen LogP contribution in [0.2, 0.25) is 0 Å². The lowest BCUT2D eigenvalue weighted by atomic mass is 10.3. The number of hydrogen-bond acceptors (Lipinski definition) is 4. The monoisotopic (exact) mass is 213 g/mol. The van der Waals surface area contributed by atoms with E-state index in [0.717, 1.165) is 19.5 Å². The molecule has 0 aromatic carbocycles. The van der Waals surface area contributed by atoms with E-state index in [4.69, 9.17) is 0 Å². The maximum atomic E-state index is 4.40. The Labute approximate surface area is 89.9 Å². The molecule has 1 rings (SSSR count). The number of likely N-dealkylation sites (N-methyl/N-ethyl adjacent to an activating group) is 1. The van der Waals surface area contributed by atoms with Gasteiger partial charge in [0.1, 0.15) is 5.01 Å². The third kappa shape index (κ3) is 3.36. The van der Waals surface area contributed by atoms with Gasteiger partial charge in [-0.1, -0.05) is 6.92 Å². The van der Waals surface area contributed by atoms with Gasteiger partial charge in [-0.2, -0.15) is 0 Å². The Morgan fingerprint density at radius 1 is 1.50 bits per heavy atom. The molecule has 1 aromatic heterocycles. The Morgan fingerprint density at radius 3 is 2.86 bits per heavy atom. The molecule has 0 saturated carbocycles. The number of hydrogen-bond donors (Lipinski definition) is 2. The summed E-state index contributed by atoms with van der Waals surface area (Å²) in [6.45, 7) is 6.30. The van der Waals surface area contributed by atoms with Crippen LogP contribution in [0.25, 0.3) is 0 Å². The van der Waals surface area contributed by atoms with Crippen LogP contribution in [0.4, 0.5) is 0 Å². The molecule has 0 bridgehead atoms. The highest BCUT2D eigenvalue weighted by molar-refractivity contribution is 7.11. The average molecular weight is 213 g/mol. The number of thiazole rings is 1. The minimum absolute atomic E-state index is 0.369. The molecular formula is C10H19N3S. The lowest BCUT2D eigenvalue weighted by Gasteiger charge is -2.10. The highest BCUT2D eigenvalue weighted by atomic mass is 32.1. The normalized spacial score (nSPS) is 13.1. The maximum absolute atomic E-state index is 4.40. The molecular weight excluding hydrogens is 194 g/mol. The molecule has 0 aliphatic carbocycles. The van der Waals surface area contributed by atoms with E-state index in [1.165, 1.54) is 9.88 Å². The average Bonchev–Trinajstić information content (AvgIpc) is 2.66. The van der Waals surface area contributed by atoms with Crippen molar-refractivity contribution < 1.29 is 0 Å². The van der Waals surface area contributed by atoms with Gasteiger partial charge in [-0.15, -0.1) is 11.3 Å². The summed E-state index contributed by atoms with van der Waals surface area (Å²) < 4.78 is 0. The molecule has 0 amide bonds. The molecule has 0 saturated heterocycles. The zero-order valence-electron chi connectivity index (χ0n) is 9.13. The second kappa shape index (κ2) is 6.11. The van der Waals surface area contributed by atoms with Crippen molar-refractivity contribution in [3.63, 3.8) is 0 Å². The van der Waals surface area contributed by atoms with Gasteiger partial charge < -0.3 is 10.6 Å². The van der Waals surface area contributed by atoms with Crippen LogP contribution in [-0.2, 0) is 6.42 Å². The highest BCUT2D eigenvalue weighted by Crippen LogP contribution is 2.19. The molecule has 1 atom stereocenters. The first kappa shape index (κ1) is 11.6. The summed E-state index contributed by atoms with van der Waals surface area (Å²) in [4.78, 5) is 5.76. The molecule has 80 valence electrons. The summed E-state index contributed by atoms with van der Waals surface area (Å²) in [5.41, 5.74) is 0. The first-order chi connectivity index (χ1) is 6.77. The number of rotatable bonds is 6. The molecule has 1 aromatic rings. The molecule has 1 heterocycles. The van der Waals surface area contributed by atoms with Gasteiger partial charge >= 0.3 is 0 Å². The summed E-state index contributed by atoms with van der Waals surface area (Å²) in [7, 11) is 1.96. The van der Waals surface area contributed by atoms with Crippen molar-refractivity contribution in [1.82, 2.24) is 15.6 Å². The number of nitrogens with one attached hydrogen (secondary N) is 2. The summed E-state index contributed by atoms with van der Waals surface area (Å²) >= 11 is 1.80. The van der Waals surface area contributed by atoms with Crippen LogP contribution in [0.1, 0.15) is 29.8 Å². The van der Waals surface area contributed by atoms with Crippen LogP contribution in [0, 0.1) is 0 Å². The third-order valence-corrected chi connectivity index (χ3v) is 3.44. The zero-order chi connectivity index (χ0) is 10.4. The van der Waals surface area contributed by atoms with Crippen LogP contribution in [-0.4, -0.2) is 25.1 Å². The van der Waals surface area contributed by atoms with E-state index in [-0.39, 0.29) is 0 Å². The Balaban J connectivity index is 2.39. The summed E-state index contributed by atoms with van der Waals surface area (Å²) in [6, 6.07) is 0.369. The lowest BCUT2D eigenvalue weighted by molar-refractivity contribution is 0.560. The number of aryl methyl sites for hydroxylation is 1. The summed E-state index contributed by atoms with van der Waals surface area (Å²) in [6.07, 6.45) is 3.07. The van der Waals surface area contributed by atoms with Crippen molar-refractivity contribution in [2.24, 2.45) is 0 Å². The van der Waals surface area contributed by atoms with Crippen molar-refractivity contribution in [2.75, 3.05) is 20.1 Å². The molecule has 0 spiro atoms. The Hall–Kier alpha value is -0.450. The fourth-order valence-electron chi connectivity index (χ4n) is 1.19. The van der Waals surface area contributed by atoms with Gasteiger partial charge in [-0.05, 0) is 20.4 Å². The van der Waals surface area contributed by atoms with Crippen molar-refractivity contribution in [2.45, 2.75) is 26.3 Å². The second-order valence-electron chi connectivity index (χ2n) is 3.30. The van der Waals surface area contributed by atoms with E-state index in [9.17, 15) is 0 Å². The van der Waals surface area contributed by atoms with Crippen LogP contribution in [0.5, 0.6) is 0 Å². The molecule has 1 unspecified atom stereocenters. The van der Waals surface area contributed by atoms with Gasteiger partial charge in [-0.3, -0.25) is 0 Å². The summed E-state index contributed by atoms with van der Waals surface area (Å²) in [5.74, 6) is 0. The molecule has 0 radical (unpaired) electrons. The van der Waals surface area contributed by atoms with Gasteiger partial charge in [0.15, 0.2) is 0 Å². The number of nitrogens with zero attached hydrogens (tertiary/aromatic N) is 1.